The van der Waals surface area contributed by atoms with Gasteiger partial charge in [-0.05, 0) is 43.2 Å². The lowest BCUT2D eigenvalue weighted by atomic mass is 10.1. The fourth-order valence-corrected chi connectivity index (χ4v) is 4.94. The zero-order valence-corrected chi connectivity index (χ0v) is 20.5. The molecule has 1 saturated heterocycles. The molecule has 1 atom stereocenters. The summed E-state index contributed by atoms with van der Waals surface area (Å²) in [7, 11) is 1.40. The van der Waals surface area contributed by atoms with Crippen LogP contribution >= 0.6 is 0 Å². The Labute approximate surface area is 213 Å². The first-order chi connectivity index (χ1) is 18.0. The van der Waals surface area contributed by atoms with Gasteiger partial charge in [-0.2, -0.15) is 0 Å². The van der Waals surface area contributed by atoms with Gasteiger partial charge in [0, 0.05) is 31.3 Å². The smallest absolute Gasteiger partial charge is 0.253 e. The molecule has 0 spiro atoms. The summed E-state index contributed by atoms with van der Waals surface area (Å²) in [4.78, 5) is 30.9. The van der Waals surface area contributed by atoms with Crippen LogP contribution in [0.4, 0.5) is 10.1 Å². The number of pyridine rings is 1. The molecule has 1 fully saturated rings. The quantitative estimate of drug-likeness (QED) is 0.456. The van der Waals surface area contributed by atoms with E-state index < -0.39 is 5.82 Å². The molecule has 4 heterocycles. The van der Waals surface area contributed by atoms with Crippen molar-refractivity contribution in [1.29, 1.82) is 0 Å². The van der Waals surface area contributed by atoms with Gasteiger partial charge in [0.05, 0.1) is 42.0 Å². The minimum Gasteiger partial charge on any atom is -0.492 e. The van der Waals surface area contributed by atoms with E-state index in [1.807, 2.05) is 0 Å². The number of amides is 2. The molecule has 5 rings (SSSR count). The van der Waals surface area contributed by atoms with E-state index in [1.165, 1.54) is 19.3 Å². The summed E-state index contributed by atoms with van der Waals surface area (Å²) in [6.45, 7) is 5.04. The Kier molecular flexibility index (Phi) is 6.80. The van der Waals surface area contributed by atoms with Crippen molar-refractivity contribution >= 4 is 17.5 Å². The number of rotatable bonds is 8. The maximum absolute atomic E-state index is 14.4. The molecular weight excluding hydrogens is 477 g/mol. The van der Waals surface area contributed by atoms with Crippen LogP contribution in [0.2, 0.25) is 0 Å². The third kappa shape index (κ3) is 4.62. The summed E-state index contributed by atoms with van der Waals surface area (Å²) in [5, 5.41) is 2.87. The summed E-state index contributed by atoms with van der Waals surface area (Å²) in [5.74, 6) is -0.231. The number of ether oxygens (including phenoxy) is 2. The summed E-state index contributed by atoms with van der Waals surface area (Å²) in [5.41, 5.74) is 6.28. The molecule has 9 nitrogen and oxygen atoms in total. The monoisotopic (exact) mass is 505 g/mol. The molecule has 0 saturated carbocycles. The first-order valence-electron chi connectivity index (χ1n) is 12.1. The summed E-state index contributed by atoms with van der Waals surface area (Å²) in [6, 6.07) is 8.13. The first kappa shape index (κ1) is 24.4. The lowest BCUT2D eigenvalue weighted by Gasteiger charge is -2.24. The van der Waals surface area contributed by atoms with E-state index in [1.54, 1.807) is 46.2 Å². The predicted octanol–water partition coefficient (Wildman–Crippen LogP) is 3.41. The van der Waals surface area contributed by atoms with E-state index in [0.717, 1.165) is 18.5 Å². The number of anilines is 1. The van der Waals surface area contributed by atoms with Gasteiger partial charge < -0.3 is 19.7 Å². The van der Waals surface area contributed by atoms with Crippen LogP contribution in [-0.4, -0.2) is 59.2 Å². The van der Waals surface area contributed by atoms with Crippen LogP contribution in [0.15, 0.2) is 55.4 Å². The molecule has 2 aromatic heterocycles. The van der Waals surface area contributed by atoms with Crippen LogP contribution < -0.4 is 20.2 Å². The first-order valence-corrected chi connectivity index (χ1v) is 12.1. The van der Waals surface area contributed by atoms with Crippen molar-refractivity contribution in [2.75, 3.05) is 32.2 Å². The van der Waals surface area contributed by atoms with Crippen molar-refractivity contribution in [3.8, 4) is 22.8 Å². The number of hydrogen-bond acceptors (Lipinski definition) is 6. The number of carbonyl (C=O) groups is 2. The highest BCUT2D eigenvalue weighted by Crippen LogP contribution is 2.36. The maximum atomic E-state index is 14.4. The maximum Gasteiger partial charge on any atom is 0.253 e. The molecule has 10 heteroatoms. The second-order valence-electron chi connectivity index (χ2n) is 8.88. The Balaban J connectivity index is 1.53. The van der Waals surface area contributed by atoms with Crippen LogP contribution in [-0.2, 0) is 11.2 Å². The number of fused-ring (bicyclic) bond motifs is 1. The van der Waals surface area contributed by atoms with Crippen molar-refractivity contribution in [2.24, 2.45) is 0 Å². The average molecular weight is 506 g/mol. The Morgan fingerprint density at radius 1 is 1.35 bits per heavy atom. The molecule has 192 valence electrons. The average Bonchev–Trinajstić information content (AvgIpc) is 3.53. The third-order valence-electron chi connectivity index (χ3n) is 6.72. The van der Waals surface area contributed by atoms with Crippen LogP contribution in [0.25, 0.3) is 11.3 Å². The van der Waals surface area contributed by atoms with E-state index in [4.69, 9.17) is 9.47 Å². The molecule has 2 N–H and O–H groups in total. The second-order valence-corrected chi connectivity index (χ2v) is 8.88. The molecule has 37 heavy (non-hydrogen) atoms. The summed E-state index contributed by atoms with van der Waals surface area (Å²) in [6.07, 6.45) is 6.89. The zero-order chi connectivity index (χ0) is 25.9. The zero-order valence-electron chi connectivity index (χ0n) is 20.5. The number of likely N-dealkylation sites (tertiary alicyclic amines) is 1. The molecule has 2 amide bonds. The number of para-hydroxylation sites is 1. The SMILES string of the molecule is C=CC(=O)N1CCC[C@@H]1COc1cnccc1-c1cc2c(n1Nc1cccc(F)c1OC)CCNC2=O. The predicted molar refractivity (Wildman–Crippen MR) is 136 cm³/mol. The molecule has 1 aromatic carbocycles. The molecule has 2 aliphatic heterocycles. The van der Waals surface area contributed by atoms with Crippen LogP contribution in [0, 0.1) is 5.82 Å². The Bertz CT molecular complexity index is 1350. The van der Waals surface area contributed by atoms with Gasteiger partial charge >= 0.3 is 0 Å². The minimum absolute atomic E-state index is 0.0653. The number of benzene rings is 1. The van der Waals surface area contributed by atoms with Gasteiger partial charge in [-0.25, -0.2) is 4.39 Å². The lowest BCUT2D eigenvalue weighted by molar-refractivity contribution is -0.127. The van der Waals surface area contributed by atoms with Crippen LogP contribution in [0.3, 0.4) is 0 Å². The second kappa shape index (κ2) is 10.3. The number of hydrogen-bond donors (Lipinski definition) is 2. The number of nitrogens with one attached hydrogen (secondary N) is 2. The molecule has 2 aliphatic rings. The van der Waals surface area contributed by atoms with Gasteiger partial charge in [0.2, 0.25) is 5.91 Å². The number of nitrogens with zero attached hydrogens (tertiary/aromatic N) is 3. The number of methoxy groups -OCH3 is 1. The Hall–Kier alpha value is -4.34. The molecule has 0 bridgehead atoms. The molecule has 0 aliphatic carbocycles. The Morgan fingerprint density at radius 2 is 2.22 bits per heavy atom. The van der Waals surface area contributed by atoms with Gasteiger partial charge in [-0.15, -0.1) is 0 Å². The van der Waals surface area contributed by atoms with E-state index in [9.17, 15) is 14.0 Å². The third-order valence-corrected chi connectivity index (χ3v) is 6.72. The van der Waals surface area contributed by atoms with E-state index in [0.29, 0.717) is 54.4 Å². The fourth-order valence-electron chi connectivity index (χ4n) is 4.94. The Morgan fingerprint density at radius 3 is 3.03 bits per heavy atom. The largest absolute Gasteiger partial charge is 0.492 e. The van der Waals surface area contributed by atoms with Gasteiger partial charge in [0.25, 0.3) is 5.91 Å². The van der Waals surface area contributed by atoms with E-state index in [-0.39, 0.29) is 23.6 Å². The number of halogens is 1. The number of carbonyl (C=O) groups excluding carboxylic acids is 2. The topological polar surface area (TPSA) is 97.7 Å². The number of aromatic nitrogens is 2. The highest BCUT2D eigenvalue weighted by molar-refractivity contribution is 5.98. The van der Waals surface area contributed by atoms with Gasteiger partial charge in [0.1, 0.15) is 12.4 Å². The van der Waals surface area contributed by atoms with Crippen molar-refractivity contribution in [3.05, 3.63) is 72.5 Å². The van der Waals surface area contributed by atoms with Crippen molar-refractivity contribution in [3.63, 3.8) is 0 Å². The van der Waals surface area contributed by atoms with Gasteiger partial charge in [-0.1, -0.05) is 12.6 Å². The van der Waals surface area contributed by atoms with Crippen LogP contribution in [0.1, 0.15) is 28.9 Å². The summed E-state index contributed by atoms with van der Waals surface area (Å²) < 4.78 is 27.7. The van der Waals surface area contributed by atoms with Gasteiger partial charge in [-0.3, -0.25) is 24.7 Å². The summed E-state index contributed by atoms with van der Waals surface area (Å²) >= 11 is 0. The molecule has 0 radical (unpaired) electrons. The molecular formula is C27H28FN5O4. The molecule has 0 unspecified atom stereocenters. The van der Waals surface area contributed by atoms with Crippen molar-refractivity contribution in [1.82, 2.24) is 19.9 Å². The fraction of sp³-hybridized carbons (Fsp3) is 0.296. The highest BCUT2D eigenvalue weighted by atomic mass is 19.1. The van der Waals surface area contributed by atoms with E-state index >= 15 is 0 Å². The van der Waals surface area contributed by atoms with E-state index in [2.05, 4.69) is 22.3 Å². The highest BCUT2D eigenvalue weighted by Gasteiger charge is 2.29. The van der Waals surface area contributed by atoms with Crippen molar-refractivity contribution < 1.29 is 23.5 Å². The van der Waals surface area contributed by atoms with Crippen LogP contribution in [0.5, 0.6) is 11.5 Å². The lowest BCUT2D eigenvalue weighted by Crippen LogP contribution is -2.38. The minimum atomic E-state index is -0.504. The standard InChI is InChI=1S/C27H28FN5O4/c1-3-25(34)32-13-5-6-17(32)16-37-24-15-29-11-9-18(24)23-14-19-22(10-12-30-27(19)35)33(23)31-21-8-4-7-20(28)26(21)36-2/h3-4,7-9,11,14-15,17,31H,1,5-6,10,12-13,16H2,2H3,(H,30,35)/t17-/m1/s1. The molecule has 3 aromatic rings. The van der Waals surface area contributed by atoms with Gasteiger partial charge in [0.15, 0.2) is 11.6 Å². The van der Waals surface area contributed by atoms with Crippen molar-refractivity contribution in [2.45, 2.75) is 25.3 Å². The normalized spacial score (nSPS) is 16.6.